The Morgan fingerprint density at radius 1 is 1.31 bits per heavy atom. The molecule has 1 saturated heterocycles. The lowest BCUT2D eigenvalue weighted by Gasteiger charge is -2.36. The summed E-state index contributed by atoms with van der Waals surface area (Å²) >= 11 is 6.09. The van der Waals surface area contributed by atoms with Crippen LogP contribution in [0.2, 0.25) is 5.02 Å². The standard InChI is InChI=1S/C20H24ClN3O2/c1-26-19-13-18(22)17(21)12-16(19)20(25)23-24-10-6-5-9-15(24)11-14-7-3-2-4-8-14/h2-4,7-8,12-13,15H,5-6,9-11,22H2,1H3,(H,23,25). The molecule has 0 spiro atoms. The van der Waals surface area contributed by atoms with Crippen LogP contribution in [-0.2, 0) is 6.42 Å². The first-order chi connectivity index (χ1) is 12.6. The average molecular weight is 374 g/mol. The van der Waals surface area contributed by atoms with E-state index in [1.54, 1.807) is 12.1 Å². The third kappa shape index (κ3) is 4.29. The number of methoxy groups -OCH3 is 1. The molecule has 2 aromatic rings. The van der Waals surface area contributed by atoms with Crippen molar-refractivity contribution in [1.29, 1.82) is 0 Å². The Balaban J connectivity index is 1.75. The van der Waals surface area contributed by atoms with Gasteiger partial charge in [-0.2, -0.15) is 0 Å². The zero-order valence-corrected chi connectivity index (χ0v) is 15.6. The minimum atomic E-state index is -0.233. The van der Waals surface area contributed by atoms with E-state index < -0.39 is 0 Å². The lowest BCUT2D eigenvalue weighted by molar-refractivity contribution is 0.0571. The molecule has 0 aromatic heterocycles. The summed E-state index contributed by atoms with van der Waals surface area (Å²) in [7, 11) is 1.51. The molecule has 0 saturated carbocycles. The topological polar surface area (TPSA) is 67.6 Å². The summed E-state index contributed by atoms with van der Waals surface area (Å²) in [6.07, 6.45) is 4.18. The first-order valence-electron chi connectivity index (χ1n) is 8.83. The van der Waals surface area contributed by atoms with E-state index in [0.29, 0.717) is 22.0 Å². The van der Waals surface area contributed by atoms with Gasteiger partial charge in [-0.15, -0.1) is 0 Å². The number of nitrogens with one attached hydrogen (secondary N) is 1. The Morgan fingerprint density at radius 3 is 2.81 bits per heavy atom. The van der Waals surface area contributed by atoms with Crippen molar-refractivity contribution in [3.63, 3.8) is 0 Å². The highest BCUT2D eigenvalue weighted by Crippen LogP contribution is 2.29. The van der Waals surface area contributed by atoms with Gasteiger partial charge in [-0.3, -0.25) is 10.2 Å². The van der Waals surface area contributed by atoms with Crippen molar-refractivity contribution in [2.24, 2.45) is 0 Å². The number of rotatable bonds is 5. The smallest absolute Gasteiger partial charge is 0.269 e. The number of ether oxygens (including phenoxy) is 1. The molecule has 2 aromatic carbocycles. The minimum Gasteiger partial charge on any atom is -0.496 e. The maximum atomic E-state index is 12.8. The summed E-state index contributed by atoms with van der Waals surface area (Å²) in [5.41, 5.74) is 10.9. The molecule has 6 heteroatoms. The normalized spacial score (nSPS) is 17.7. The van der Waals surface area contributed by atoms with Crippen molar-refractivity contribution in [2.45, 2.75) is 31.7 Å². The number of benzene rings is 2. The van der Waals surface area contributed by atoms with Gasteiger partial charge in [0.05, 0.1) is 23.4 Å². The highest BCUT2D eigenvalue weighted by molar-refractivity contribution is 6.33. The van der Waals surface area contributed by atoms with E-state index in [1.165, 1.54) is 19.1 Å². The largest absolute Gasteiger partial charge is 0.496 e. The fourth-order valence-corrected chi connectivity index (χ4v) is 3.52. The van der Waals surface area contributed by atoms with Crippen molar-refractivity contribution in [2.75, 3.05) is 19.4 Å². The van der Waals surface area contributed by atoms with Gasteiger partial charge in [-0.1, -0.05) is 48.4 Å². The van der Waals surface area contributed by atoms with Gasteiger partial charge in [0.25, 0.3) is 5.91 Å². The molecule has 26 heavy (non-hydrogen) atoms. The van der Waals surface area contributed by atoms with E-state index in [4.69, 9.17) is 22.1 Å². The van der Waals surface area contributed by atoms with Crippen molar-refractivity contribution in [3.05, 3.63) is 58.6 Å². The number of anilines is 1. The molecular formula is C20H24ClN3O2. The third-order valence-corrected chi connectivity index (χ3v) is 5.08. The van der Waals surface area contributed by atoms with Crippen molar-refractivity contribution in [3.8, 4) is 5.75 Å². The number of amides is 1. The lowest BCUT2D eigenvalue weighted by atomic mass is 9.97. The van der Waals surface area contributed by atoms with E-state index >= 15 is 0 Å². The Morgan fingerprint density at radius 2 is 2.08 bits per heavy atom. The van der Waals surface area contributed by atoms with Gasteiger partial charge < -0.3 is 10.5 Å². The first-order valence-corrected chi connectivity index (χ1v) is 9.21. The quantitative estimate of drug-likeness (QED) is 0.784. The number of carbonyl (C=O) groups excluding carboxylic acids is 1. The number of nitrogen functional groups attached to an aromatic ring is 1. The monoisotopic (exact) mass is 373 g/mol. The molecule has 1 atom stereocenters. The molecule has 0 bridgehead atoms. The SMILES string of the molecule is COc1cc(N)c(Cl)cc1C(=O)NN1CCCCC1Cc1ccccc1. The van der Waals surface area contributed by atoms with Crippen LogP contribution in [0.1, 0.15) is 35.2 Å². The van der Waals surface area contributed by atoms with Crippen LogP contribution in [0.25, 0.3) is 0 Å². The maximum Gasteiger partial charge on any atom is 0.269 e. The van der Waals surface area contributed by atoms with Crippen molar-refractivity contribution >= 4 is 23.2 Å². The molecule has 3 rings (SSSR count). The lowest BCUT2D eigenvalue weighted by Crippen LogP contribution is -2.51. The molecular weight excluding hydrogens is 350 g/mol. The van der Waals surface area contributed by atoms with Crippen LogP contribution in [0, 0.1) is 0 Å². The van der Waals surface area contributed by atoms with Gasteiger partial charge in [0.15, 0.2) is 0 Å². The molecule has 138 valence electrons. The molecule has 5 nitrogen and oxygen atoms in total. The number of halogens is 1. The molecule has 1 heterocycles. The second-order valence-corrected chi connectivity index (χ2v) is 6.95. The summed E-state index contributed by atoms with van der Waals surface area (Å²) < 4.78 is 5.30. The zero-order chi connectivity index (χ0) is 18.5. The van der Waals surface area contributed by atoms with Crippen LogP contribution in [0.4, 0.5) is 5.69 Å². The van der Waals surface area contributed by atoms with E-state index in [2.05, 4.69) is 17.6 Å². The summed E-state index contributed by atoms with van der Waals surface area (Å²) in [5, 5.41) is 2.39. The van der Waals surface area contributed by atoms with Crippen LogP contribution >= 0.6 is 11.6 Å². The van der Waals surface area contributed by atoms with Gasteiger partial charge >= 0.3 is 0 Å². The van der Waals surface area contributed by atoms with Gasteiger partial charge in [0, 0.05) is 18.7 Å². The highest BCUT2D eigenvalue weighted by atomic mass is 35.5. The molecule has 3 N–H and O–H groups in total. The highest BCUT2D eigenvalue weighted by Gasteiger charge is 2.25. The second-order valence-electron chi connectivity index (χ2n) is 6.55. The fraction of sp³-hybridized carbons (Fsp3) is 0.350. The third-order valence-electron chi connectivity index (χ3n) is 4.75. The van der Waals surface area contributed by atoms with E-state index in [0.717, 1.165) is 25.8 Å². The van der Waals surface area contributed by atoms with Crippen molar-refractivity contribution < 1.29 is 9.53 Å². The van der Waals surface area contributed by atoms with Crippen LogP contribution in [0.5, 0.6) is 5.75 Å². The molecule has 1 aliphatic heterocycles. The van der Waals surface area contributed by atoms with Crippen LogP contribution < -0.4 is 15.9 Å². The zero-order valence-electron chi connectivity index (χ0n) is 14.9. The Labute approximate surface area is 159 Å². The summed E-state index contributed by atoms with van der Waals surface area (Å²) in [6.45, 7) is 0.828. The minimum absolute atomic E-state index is 0.233. The number of piperidine rings is 1. The Kier molecular flexibility index (Phi) is 6.01. The van der Waals surface area contributed by atoms with E-state index in [-0.39, 0.29) is 11.9 Å². The number of hydrogen-bond donors (Lipinski definition) is 2. The molecule has 0 aliphatic carbocycles. The fourth-order valence-electron chi connectivity index (χ4n) is 3.35. The number of carbonyl (C=O) groups is 1. The van der Waals surface area contributed by atoms with Gasteiger partial charge in [-0.25, -0.2) is 5.01 Å². The maximum absolute atomic E-state index is 12.8. The predicted molar refractivity (Wildman–Crippen MR) is 104 cm³/mol. The van der Waals surface area contributed by atoms with Gasteiger partial charge in [0.2, 0.25) is 0 Å². The number of hydrazine groups is 1. The van der Waals surface area contributed by atoms with Crippen LogP contribution in [0.15, 0.2) is 42.5 Å². The average Bonchev–Trinajstić information content (AvgIpc) is 2.66. The molecule has 1 unspecified atom stereocenters. The molecule has 1 fully saturated rings. The van der Waals surface area contributed by atoms with E-state index in [9.17, 15) is 4.79 Å². The van der Waals surface area contributed by atoms with E-state index in [1.807, 2.05) is 23.2 Å². The van der Waals surface area contributed by atoms with Gasteiger partial charge in [0.1, 0.15) is 5.75 Å². The second kappa shape index (κ2) is 8.43. The predicted octanol–water partition coefficient (Wildman–Crippen LogP) is 3.67. The molecule has 1 aliphatic rings. The number of nitrogens with two attached hydrogens (primary N) is 1. The van der Waals surface area contributed by atoms with Crippen LogP contribution in [0.3, 0.4) is 0 Å². The Bertz CT molecular complexity index is 767. The van der Waals surface area contributed by atoms with Crippen LogP contribution in [-0.4, -0.2) is 30.6 Å². The molecule has 0 radical (unpaired) electrons. The summed E-state index contributed by atoms with van der Waals surface area (Å²) in [6, 6.07) is 13.8. The Hall–Kier alpha value is -2.24. The molecule has 1 amide bonds. The van der Waals surface area contributed by atoms with Crippen molar-refractivity contribution in [1.82, 2.24) is 10.4 Å². The number of hydrogen-bond acceptors (Lipinski definition) is 4. The summed E-state index contributed by atoms with van der Waals surface area (Å²) in [4.78, 5) is 12.8. The number of nitrogens with zero attached hydrogens (tertiary/aromatic N) is 1. The first kappa shape index (κ1) is 18.5. The summed E-state index contributed by atoms with van der Waals surface area (Å²) in [5.74, 6) is 0.185. The van der Waals surface area contributed by atoms with Gasteiger partial charge in [-0.05, 0) is 30.9 Å².